The van der Waals surface area contributed by atoms with E-state index in [-0.39, 0.29) is 0 Å². The van der Waals surface area contributed by atoms with Crippen molar-refractivity contribution in [1.29, 1.82) is 0 Å². The van der Waals surface area contributed by atoms with Gasteiger partial charge in [-0.3, -0.25) is 4.79 Å². The lowest BCUT2D eigenvalue weighted by atomic mass is 10.0. The van der Waals surface area contributed by atoms with Gasteiger partial charge in [-0.1, -0.05) is 72.8 Å². The van der Waals surface area contributed by atoms with Crippen LogP contribution in [0.2, 0.25) is 0 Å². The molecule has 0 saturated carbocycles. The predicted octanol–water partition coefficient (Wildman–Crippen LogP) is 5.07. The van der Waals surface area contributed by atoms with Crippen molar-refractivity contribution in [2.24, 2.45) is 0 Å². The monoisotopic (exact) mass is 278 g/mol. The summed E-state index contributed by atoms with van der Waals surface area (Å²) in [7, 11) is 0. The normalized spacial score (nSPS) is 10.9. The lowest BCUT2D eigenvalue weighted by Crippen LogP contribution is -2.02. The number of hydrogen-bond donors (Lipinski definition) is 0. The molecular formula is C20H22O. The summed E-state index contributed by atoms with van der Waals surface area (Å²) in [4.78, 5) is 11.8. The first-order valence-corrected chi connectivity index (χ1v) is 7.62. The molecule has 21 heavy (non-hydrogen) atoms. The smallest absolute Gasteiger partial charge is 0.137 e. The Morgan fingerprint density at radius 2 is 1.52 bits per heavy atom. The van der Waals surface area contributed by atoms with Crippen LogP contribution in [0.25, 0.3) is 6.08 Å². The fraction of sp³-hybridized carbons (Fsp3) is 0.250. The number of allylic oxidation sites excluding steroid dienone is 1. The first-order valence-electron chi connectivity index (χ1n) is 7.62. The van der Waals surface area contributed by atoms with E-state index in [1.165, 1.54) is 5.56 Å². The molecule has 0 atom stereocenters. The molecule has 0 fully saturated rings. The van der Waals surface area contributed by atoms with E-state index in [0.717, 1.165) is 24.8 Å². The van der Waals surface area contributed by atoms with Crippen molar-refractivity contribution < 1.29 is 4.79 Å². The van der Waals surface area contributed by atoms with Crippen molar-refractivity contribution in [2.45, 2.75) is 32.1 Å². The number of ketones is 1. The second kappa shape index (κ2) is 8.91. The summed E-state index contributed by atoms with van der Waals surface area (Å²) in [6, 6.07) is 20.3. The average Bonchev–Trinajstić information content (AvgIpc) is 2.53. The number of unbranched alkanes of at least 4 members (excludes halogenated alkanes) is 2. The third-order valence-electron chi connectivity index (χ3n) is 3.43. The van der Waals surface area contributed by atoms with Crippen LogP contribution in [0, 0.1) is 0 Å². The van der Waals surface area contributed by atoms with Crippen molar-refractivity contribution in [1.82, 2.24) is 0 Å². The largest absolute Gasteiger partial charge is 0.299 e. The van der Waals surface area contributed by atoms with Crippen LogP contribution in [0.1, 0.15) is 36.8 Å². The second-order valence-corrected chi connectivity index (χ2v) is 5.26. The summed E-state index contributed by atoms with van der Waals surface area (Å²) in [5, 5.41) is 0. The third kappa shape index (κ3) is 6.22. The highest BCUT2D eigenvalue weighted by molar-refractivity contribution is 5.80. The Morgan fingerprint density at radius 1 is 0.857 bits per heavy atom. The van der Waals surface area contributed by atoms with Crippen LogP contribution in [-0.4, -0.2) is 5.78 Å². The van der Waals surface area contributed by atoms with Crippen LogP contribution >= 0.6 is 0 Å². The average molecular weight is 278 g/mol. The van der Waals surface area contributed by atoms with Gasteiger partial charge in [-0.2, -0.15) is 0 Å². The molecule has 2 rings (SSSR count). The molecular weight excluding hydrogens is 256 g/mol. The zero-order valence-corrected chi connectivity index (χ0v) is 12.4. The standard InChI is InChI=1S/C20H22O/c21-20(17-19-14-8-4-9-15-19)16-10-2-1-5-11-18-12-6-3-7-13-18/h3-9,11-15H,1-2,10,16-17H2/b11-5+. The van der Waals surface area contributed by atoms with Gasteiger partial charge in [-0.05, 0) is 30.4 Å². The molecule has 0 unspecified atom stereocenters. The molecule has 0 saturated heterocycles. The van der Waals surface area contributed by atoms with Crippen LogP contribution < -0.4 is 0 Å². The zero-order valence-electron chi connectivity index (χ0n) is 12.4. The van der Waals surface area contributed by atoms with Gasteiger partial charge in [0.2, 0.25) is 0 Å². The number of Topliss-reactive ketones (excluding diaryl/α,β-unsaturated/α-hetero) is 1. The first kappa shape index (κ1) is 15.2. The Hall–Kier alpha value is -2.15. The lowest BCUT2D eigenvalue weighted by molar-refractivity contribution is -0.118. The van der Waals surface area contributed by atoms with Crippen molar-refractivity contribution >= 4 is 11.9 Å². The summed E-state index contributed by atoms with van der Waals surface area (Å²) in [5.41, 5.74) is 2.35. The summed E-state index contributed by atoms with van der Waals surface area (Å²) in [6.07, 6.45) is 8.68. The van der Waals surface area contributed by atoms with E-state index >= 15 is 0 Å². The summed E-state index contributed by atoms with van der Waals surface area (Å²) < 4.78 is 0. The van der Waals surface area contributed by atoms with Gasteiger partial charge in [-0.25, -0.2) is 0 Å². The molecule has 0 N–H and O–H groups in total. The maximum Gasteiger partial charge on any atom is 0.137 e. The number of carbonyl (C=O) groups excluding carboxylic acids is 1. The van der Waals surface area contributed by atoms with E-state index in [4.69, 9.17) is 0 Å². The Labute approximate surface area is 127 Å². The highest BCUT2D eigenvalue weighted by atomic mass is 16.1. The van der Waals surface area contributed by atoms with Gasteiger partial charge in [0.05, 0.1) is 0 Å². The minimum atomic E-state index is 0.341. The van der Waals surface area contributed by atoms with Crippen molar-refractivity contribution in [3.8, 4) is 0 Å². The number of rotatable bonds is 8. The number of benzene rings is 2. The van der Waals surface area contributed by atoms with E-state index in [0.29, 0.717) is 18.6 Å². The molecule has 1 nitrogen and oxygen atoms in total. The molecule has 1 heteroatoms. The molecule has 2 aromatic carbocycles. The van der Waals surface area contributed by atoms with Gasteiger partial charge in [0, 0.05) is 12.8 Å². The fourth-order valence-corrected chi connectivity index (χ4v) is 2.28. The second-order valence-electron chi connectivity index (χ2n) is 5.26. The molecule has 0 aliphatic heterocycles. The topological polar surface area (TPSA) is 17.1 Å². The molecule has 2 aromatic rings. The van der Waals surface area contributed by atoms with E-state index in [1.54, 1.807) is 0 Å². The summed E-state index contributed by atoms with van der Waals surface area (Å²) in [5.74, 6) is 0.341. The van der Waals surface area contributed by atoms with Crippen LogP contribution in [0.3, 0.4) is 0 Å². The molecule has 0 aliphatic carbocycles. The van der Waals surface area contributed by atoms with Crippen LogP contribution in [-0.2, 0) is 11.2 Å². The summed E-state index contributed by atoms with van der Waals surface area (Å²) in [6.45, 7) is 0. The van der Waals surface area contributed by atoms with E-state index in [9.17, 15) is 4.79 Å². The minimum Gasteiger partial charge on any atom is -0.299 e. The Morgan fingerprint density at radius 3 is 2.24 bits per heavy atom. The van der Waals surface area contributed by atoms with Gasteiger partial charge in [-0.15, -0.1) is 0 Å². The maximum atomic E-state index is 11.8. The molecule has 108 valence electrons. The van der Waals surface area contributed by atoms with Crippen LogP contribution in [0.4, 0.5) is 0 Å². The van der Waals surface area contributed by atoms with Crippen molar-refractivity contribution in [3.63, 3.8) is 0 Å². The lowest BCUT2D eigenvalue weighted by Gasteiger charge is -2.00. The van der Waals surface area contributed by atoms with Crippen LogP contribution in [0.5, 0.6) is 0 Å². The van der Waals surface area contributed by atoms with E-state index in [1.807, 2.05) is 48.5 Å². The SMILES string of the molecule is O=C(CCCC/C=C/c1ccccc1)Cc1ccccc1. The first-order chi connectivity index (χ1) is 10.3. The van der Waals surface area contributed by atoms with Crippen molar-refractivity contribution in [2.75, 3.05) is 0 Å². The predicted molar refractivity (Wildman–Crippen MR) is 89.1 cm³/mol. The Balaban J connectivity index is 1.59. The Kier molecular flexibility index (Phi) is 6.47. The van der Waals surface area contributed by atoms with Gasteiger partial charge >= 0.3 is 0 Å². The van der Waals surface area contributed by atoms with Gasteiger partial charge in [0.25, 0.3) is 0 Å². The van der Waals surface area contributed by atoms with Gasteiger partial charge in [0.1, 0.15) is 5.78 Å². The highest BCUT2D eigenvalue weighted by Gasteiger charge is 2.02. The molecule has 0 bridgehead atoms. The fourth-order valence-electron chi connectivity index (χ4n) is 2.28. The number of hydrogen-bond acceptors (Lipinski definition) is 1. The third-order valence-corrected chi connectivity index (χ3v) is 3.43. The molecule has 0 amide bonds. The van der Waals surface area contributed by atoms with Gasteiger partial charge < -0.3 is 0 Å². The maximum absolute atomic E-state index is 11.8. The molecule has 0 spiro atoms. The minimum absolute atomic E-state index is 0.341. The number of carbonyl (C=O) groups is 1. The van der Waals surface area contributed by atoms with E-state index < -0.39 is 0 Å². The molecule has 0 radical (unpaired) electrons. The molecule has 0 heterocycles. The molecule has 0 aromatic heterocycles. The highest BCUT2D eigenvalue weighted by Crippen LogP contribution is 2.08. The summed E-state index contributed by atoms with van der Waals surface area (Å²) >= 11 is 0. The zero-order chi connectivity index (χ0) is 14.8. The Bertz CT molecular complexity index is 555. The van der Waals surface area contributed by atoms with Crippen molar-refractivity contribution in [3.05, 3.63) is 77.9 Å². The quantitative estimate of drug-likeness (QED) is 0.616. The van der Waals surface area contributed by atoms with Gasteiger partial charge in [0.15, 0.2) is 0 Å². The van der Waals surface area contributed by atoms with Crippen LogP contribution in [0.15, 0.2) is 66.7 Å². The molecule has 0 aliphatic rings. The van der Waals surface area contributed by atoms with E-state index in [2.05, 4.69) is 24.3 Å².